The van der Waals surface area contributed by atoms with Gasteiger partial charge in [0, 0.05) is 18.2 Å². The highest BCUT2D eigenvalue weighted by atomic mass is 16.6. The summed E-state index contributed by atoms with van der Waals surface area (Å²) >= 11 is 0. The molecule has 0 aliphatic heterocycles. The van der Waals surface area contributed by atoms with Gasteiger partial charge < -0.3 is 5.11 Å². The molecule has 1 heterocycles. The minimum atomic E-state index is -0.856. The van der Waals surface area contributed by atoms with Gasteiger partial charge in [-0.05, 0) is 19.4 Å². The van der Waals surface area contributed by atoms with Gasteiger partial charge >= 0.3 is 5.69 Å². The van der Waals surface area contributed by atoms with Crippen LogP contribution < -0.4 is 5.56 Å². The molecule has 2 rings (SSSR count). The Morgan fingerprint density at radius 1 is 1.24 bits per heavy atom. The molecule has 29 heavy (non-hydrogen) atoms. The first kappa shape index (κ1) is 21.2. The first-order valence-corrected chi connectivity index (χ1v) is 8.43. The van der Waals surface area contributed by atoms with Crippen LogP contribution in [0.3, 0.4) is 0 Å². The third kappa shape index (κ3) is 4.24. The van der Waals surface area contributed by atoms with E-state index in [1.54, 1.807) is 6.07 Å². The molecule has 2 aromatic rings. The van der Waals surface area contributed by atoms with Crippen LogP contribution in [0.5, 0.6) is 5.88 Å². The molecule has 0 atom stereocenters. The third-order valence-corrected chi connectivity index (χ3v) is 4.13. The van der Waals surface area contributed by atoms with Gasteiger partial charge in [0.25, 0.3) is 11.2 Å². The summed E-state index contributed by atoms with van der Waals surface area (Å²) in [5.74, 6) is -0.483. The van der Waals surface area contributed by atoms with Crippen molar-refractivity contribution in [2.24, 2.45) is 10.2 Å². The first-order chi connectivity index (χ1) is 13.7. The van der Waals surface area contributed by atoms with E-state index in [0.717, 1.165) is 29.2 Å². The number of hydrogen-bond donors (Lipinski definition) is 1. The van der Waals surface area contributed by atoms with Gasteiger partial charge in [0.1, 0.15) is 11.6 Å². The predicted molar refractivity (Wildman–Crippen MR) is 101 cm³/mol. The summed E-state index contributed by atoms with van der Waals surface area (Å²) in [7, 11) is 0. The molecule has 1 N–H and O–H groups in total. The number of nitro benzene ring substituents is 2. The largest absolute Gasteiger partial charge is 0.493 e. The summed E-state index contributed by atoms with van der Waals surface area (Å²) in [6, 6.07) is 4.59. The Kier molecular flexibility index (Phi) is 6.35. The lowest BCUT2D eigenvalue weighted by Crippen LogP contribution is -2.22. The minimum absolute atomic E-state index is 0.0658. The van der Waals surface area contributed by atoms with Crippen molar-refractivity contribution in [3.05, 3.63) is 59.9 Å². The first-order valence-electron chi connectivity index (χ1n) is 8.43. The molecule has 12 nitrogen and oxygen atoms in total. The fraction of sp³-hybridized carbons (Fsp3) is 0.294. The van der Waals surface area contributed by atoms with E-state index in [-0.39, 0.29) is 29.0 Å². The van der Waals surface area contributed by atoms with Crippen molar-refractivity contribution in [1.29, 1.82) is 5.26 Å². The topological polar surface area (TPSA) is 177 Å². The van der Waals surface area contributed by atoms with E-state index >= 15 is 0 Å². The number of hydrogen-bond acceptors (Lipinski definition) is 9. The van der Waals surface area contributed by atoms with E-state index in [9.17, 15) is 35.4 Å². The Morgan fingerprint density at radius 2 is 1.93 bits per heavy atom. The number of non-ortho nitro benzene ring substituents is 1. The van der Waals surface area contributed by atoms with Gasteiger partial charge in [-0.2, -0.15) is 5.26 Å². The number of aromatic nitrogens is 1. The molecule has 0 radical (unpaired) electrons. The second-order valence-electron chi connectivity index (χ2n) is 5.98. The Labute approximate surface area is 163 Å². The van der Waals surface area contributed by atoms with E-state index < -0.39 is 32.7 Å². The maximum absolute atomic E-state index is 12.7. The second kappa shape index (κ2) is 8.70. The lowest BCUT2D eigenvalue weighted by atomic mass is 10.1. The number of pyridine rings is 1. The Balaban J connectivity index is 2.64. The van der Waals surface area contributed by atoms with Crippen molar-refractivity contribution >= 4 is 22.7 Å². The van der Waals surface area contributed by atoms with Gasteiger partial charge in [0.05, 0.1) is 15.9 Å². The van der Waals surface area contributed by atoms with E-state index in [1.165, 1.54) is 6.92 Å². The molecule has 0 saturated carbocycles. The highest BCUT2D eigenvalue weighted by Gasteiger charge is 2.21. The van der Waals surface area contributed by atoms with Crippen LogP contribution in [0.2, 0.25) is 0 Å². The van der Waals surface area contributed by atoms with Crippen LogP contribution in [0.4, 0.5) is 22.7 Å². The molecule has 0 amide bonds. The van der Waals surface area contributed by atoms with Crippen LogP contribution >= 0.6 is 0 Å². The normalized spacial score (nSPS) is 10.8. The van der Waals surface area contributed by atoms with E-state index in [0.29, 0.717) is 6.42 Å². The molecule has 0 bridgehead atoms. The van der Waals surface area contributed by atoms with Gasteiger partial charge in [-0.15, -0.1) is 10.2 Å². The number of benzene rings is 1. The molecule has 1 aromatic heterocycles. The Morgan fingerprint density at radius 3 is 2.48 bits per heavy atom. The average molecular weight is 400 g/mol. The van der Waals surface area contributed by atoms with Crippen LogP contribution in [-0.2, 0) is 6.54 Å². The minimum Gasteiger partial charge on any atom is -0.493 e. The van der Waals surface area contributed by atoms with Gasteiger partial charge in [-0.3, -0.25) is 29.6 Å². The SMILES string of the molecule is CCCCn1c(O)c(C#N)c(C)c(N=Nc2ccc([N+](=O)[O-])cc2[N+](=O)[O-])c1=O. The van der Waals surface area contributed by atoms with Crippen LogP contribution in [0, 0.1) is 38.5 Å². The second-order valence-corrected chi connectivity index (χ2v) is 5.98. The molecule has 0 aliphatic carbocycles. The summed E-state index contributed by atoms with van der Waals surface area (Å²) in [5, 5.41) is 49.0. The monoisotopic (exact) mass is 400 g/mol. The number of unbranched alkanes of at least 4 members (excludes halogenated alkanes) is 1. The summed E-state index contributed by atoms with van der Waals surface area (Å²) in [4.78, 5) is 33.1. The highest BCUT2D eigenvalue weighted by Crippen LogP contribution is 2.33. The van der Waals surface area contributed by atoms with Gasteiger partial charge in [0.2, 0.25) is 5.88 Å². The van der Waals surface area contributed by atoms with Crippen molar-refractivity contribution in [2.45, 2.75) is 33.2 Å². The predicted octanol–water partition coefficient (Wildman–Crippen LogP) is 3.77. The van der Waals surface area contributed by atoms with Crippen LogP contribution in [-0.4, -0.2) is 19.5 Å². The summed E-state index contributed by atoms with van der Waals surface area (Å²) in [5.41, 5.74) is -2.52. The van der Waals surface area contributed by atoms with E-state index in [1.807, 2.05) is 6.92 Å². The maximum Gasteiger partial charge on any atom is 0.303 e. The molecular formula is C17H16N6O6. The number of nitriles is 1. The molecular weight excluding hydrogens is 384 g/mol. The average Bonchev–Trinajstić information content (AvgIpc) is 2.68. The van der Waals surface area contributed by atoms with Crippen molar-refractivity contribution in [3.63, 3.8) is 0 Å². The van der Waals surface area contributed by atoms with Gasteiger partial charge in [-0.1, -0.05) is 13.3 Å². The third-order valence-electron chi connectivity index (χ3n) is 4.13. The molecule has 0 unspecified atom stereocenters. The van der Waals surface area contributed by atoms with E-state index in [4.69, 9.17) is 0 Å². The van der Waals surface area contributed by atoms with Crippen LogP contribution in [0.15, 0.2) is 33.2 Å². The Bertz CT molecular complexity index is 1110. The summed E-state index contributed by atoms with van der Waals surface area (Å²) < 4.78 is 0.994. The fourth-order valence-electron chi connectivity index (χ4n) is 2.54. The molecule has 150 valence electrons. The zero-order valence-corrected chi connectivity index (χ0v) is 15.5. The smallest absolute Gasteiger partial charge is 0.303 e. The van der Waals surface area contributed by atoms with Gasteiger partial charge in [0.15, 0.2) is 11.4 Å². The number of aromatic hydroxyl groups is 1. The standard InChI is InChI=1S/C17H16N6O6/c1-3-4-7-21-16(24)12(9-18)10(2)15(17(21)25)20-19-13-6-5-11(22(26)27)8-14(13)23(28)29/h5-6,8,24H,3-4,7H2,1-2H3. The van der Waals surface area contributed by atoms with Crippen molar-refractivity contribution < 1.29 is 15.0 Å². The molecule has 0 spiro atoms. The van der Waals surface area contributed by atoms with Gasteiger partial charge in [-0.25, -0.2) is 0 Å². The molecule has 0 aliphatic rings. The highest BCUT2D eigenvalue weighted by molar-refractivity contribution is 5.62. The molecule has 1 aromatic carbocycles. The quantitative estimate of drug-likeness (QED) is 0.417. The molecule has 12 heteroatoms. The fourth-order valence-corrected chi connectivity index (χ4v) is 2.54. The number of rotatable bonds is 7. The maximum atomic E-state index is 12.7. The lowest BCUT2D eigenvalue weighted by molar-refractivity contribution is -0.393. The number of nitro groups is 2. The zero-order valence-electron chi connectivity index (χ0n) is 15.5. The molecule has 0 fully saturated rings. The molecule has 0 saturated heterocycles. The Hall–Kier alpha value is -4.14. The zero-order chi connectivity index (χ0) is 21.7. The van der Waals surface area contributed by atoms with Crippen LogP contribution in [0.25, 0.3) is 0 Å². The van der Waals surface area contributed by atoms with Crippen molar-refractivity contribution in [1.82, 2.24) is 4.57 Å². The number of nitrogens with zero attached hydrogens (tertiary/aromatic N) is 6. The van der Waals surface area contributed by atoms with Crippen LogP contribution in [0.1, 0.15) is 30.9 Å². The summed E-state index contributed by atoms with van der Waals surface area (Å²) in [6.45, 7) is 3.43. The van der Waals surface area contributed by atoms with Crippen molar-refractivity contribution in [3.8, 4) is 11.9 Å². The van der Waals surface area contributed by atoms with E-state index in [2.05, 4.69) is 10.2 Å². The number of azo groups is 1. The lowest BCUT2D eigenvalue weighted by Gasteiger charge is -2.12. The summed E-state index contributed by atoms with van der Waals surface area (Å²) in [6.07, 6.45) is 1.29. The van der Waals surface area contributed by atoms with Crippen molar-refractivity contribution in [2.75, 3.05) is 0 Å².